The van der Waals surface area contributed by atoms with Crippen molar-refractivity contribution < 1.29 is 69.8 Å². The van der Waals surface area contributed by atoms with Gasteiger partial charge in [-0.2, -0.15) is 0 Å². The zero-order valence-electron chi connectivity index (χ0n) is 20.3. The fraction of sp³-hybridized carbons (Fsp3) is 0.591. The van der Waals surface area contributed by atoms with Gasteiger partial charge in [0.05, 0.1) is 39.1 Å². The van der Waals surface area contributed by atoms with Crippen molar-refractivity contribution in [2.45, 2.75) is 53.9 Å². The maximum absolute atomic E-state index is 10.4. The number of hydrogen-bond acceptors (Lipinski definition) is 10. The Labute approximate surface area is 212 Å². The topological polar surface area (TPSA) is 150 Å². The average Bonchev–Trinajstić information content (AvgIpc) is 2.62. The van der Waals surface area contributed by atoms with Crippen LogP contribution in [-0.2, 0) is 64.7 Å². The Kier molecular flexibility index (Phi) is 36.9. The quantitative estimate of drug-likeness (QED) is 0.151. The molecule has 0 spiro atoms. The molecule has 0 fully saturated rings. The maximum Gasteiger partial charge on any atom is 3.00 e. The molecule has 33 heavy (non-hydrogen) atoms. The number of ketones is 3. The third-order valence-corrected chi connectivity index (χ3v) is 2.31. The summed E-state index contributed by atoms with van der Waals surface area (Å²) in [7, 11) is 0. The fourth-order valence-electron chi connectivity index (χ4n) is 1.12. The molecule has 0 rings (SSSR count). The van der Waals surface area contributed by atoms with Crippen LogP contribution in [0.15, 0.2) is 0 Å². The number of carbonyl (C=O) groups excluding carboxylic acids is 6. The minimum Gasteiger partial charge on any atom is -0.466 e. The van der Waals surface area contributed by atoms with Crippen molar-refractivity contribution in [2.75, 3.05) is 26.4 Å². The SMILES string of the molecule is CC(C)CO.[CH2-]C(=O)CC(=O)OCC.[CH2-]C(=O)CC(=O)OCC.[CH2-]C(=O)CC(=O)OCC.[Ti+3]. The molecular formula is C22H37O10Ti. The molecule has 0 atom stereocenters. The number of carbonyl (C=O) groups is 6. The van der Waals surface area contributed by atoms with Crippen molar-refractivity contribution >= 4 is 35.3 Å². The van der Waals surface area contributed by atoms with E-state index in [1.165, 1.54) is 0 Å². The van der Waals surface area contributed by atoms with Crippen molar-refractivity contribution in [1.82, 2.24) is 0 Å². The van der Waals surface area contributed by atoms with Gasteiger partial charge in [0.2, 0.25) is 0 Å². The van der Waals surface area contributed by atoms with E-state index < -0.39 is 35.3 Å². The zero-order chi connectivity index (χ0) is 26.1. The van der Waals surface area contributed by atoms with Gasteiger partial charge >= 0.3 is 39.6 Å². The Bertz CT molecular complexity index is 488. The minimum atomic E-state index is -0.502. The van der Waals surface area contributed by atoms with Gasteiger partial charge in [0.25, 0.3) is 0 Å². The molecule has 0 aliphatic carbocycles. The maximum atomic E-state index is 10.4. The van der Waals surface area contributed by atoms with Gasteiger partial charge in [-0.1, -0.05) is 13.8 Å². The number of aliphatic hydroxyl groups is 1. The number of ether oxygens (including phenoxy) is 3. The number of rotatable bonds is 10. The van der Waals surface area contributed by atoms with Crippen molar-refractivity contribution in [2.24, 2.45) is 5.92 Å². The van der Waals surface area contributed by atoms with E-state index in [1.54, 1.807) is 20.8 Å². The summed E-state index contributed by atoms with van der Waals surface area (Å²) in [6, 6.07) is 0. The molecule has 0 aliphatic heterocycles. The van der Waals surface area contributed by atoms with Crippen LogP contribution in [0.25, 0.3) is 0 Å². The van der Waals surface area contributed by atoms with Gasteiger partial charge in [0, 0.05) is 24.0 Å². The molecule has 0 bridgehead atoms. The van der Waals surface area contributed by atoms with Gasteiger partial charge in [0.15, 0.2) is 0 Å². The van der Waals surface area contributed by atoms with Crippen molar-refractivity contribution in [3.05, 3.63) is 20.8 Å². The van der Waals surface area contributed by atoms with E-state index in [9.17, 15) is 28.8 Å². The van der Waals surface area contributed by atoms with Crippen LogP contribution in [0.4, 0.5) is 0 Å². The molecule has 0 saturated heterocycles. The molecule has 10 nitrogen and oxygen atoms in total. The third kappa shape index (κ3) is 53.2. The molecule has 0 aromatic carbocycles. The summed E-state index contributed by atoms with van der Waals surface area (Å²) in [5.41, 5.74) is 0. The number of esters is 3. The Balaban J connectivity index is -0.000000107. The van der Waals surface area contributed by atoms with Crippen LogP contribution in [0.2, 0.25) is 0 Å². The van der Waals surface area contributed by atoms with Crippen molar-refractivity contribution in [3.63, 3.8) is 0 Å². The minimum absolute atomic E-state index is 0. The number of aliphatic hydroxyl groups excluding tert-OH is 1. The third-order valence-electron chi connectivity index (χ3n) is 2.31. The van der Waals surface area contributed by atoms with Crippen molar-refractivity contribution in [1.29, 1.82) is 0 Å². The van der Waals surface area contributed by atoms with E-state index in [1.807, 2.05) is 13.8 Å². The van der Waals surface area contributed by atoms with E-state index in [0.717, 1.165) is 0 Å². The van der Waals surface area contributed by atoms with Crippen LogP contribution in [0, 0.1) is 26.7 Å². The van der Waals surface area contributed by atoms with Gasteiger partial charge in [0.1, 0.15) is 0 Å². The first-order chi connectivity index (χ1) is 14.8. The molecular weight excluding hydrogens is 472 g/mol. The molecule has 189 valence electrons. The first-order valence-electron chi connectivity index (χ1n) is 9.89. The standard InChI is InChI=1S/3C6H9O3.C4H10O.Ti/c3*1-3-9-6(8)4-5(2)7;1-4(2)3-5;/h3*2-4H2,1H3;4-5H,3H2,1-2H3;/q3*-1;;+3. The Morgan fingerprint density at radius 1 is 0.636 bits per heavy atom. The predicted molar refractivity (Wildman–Crippen MR) is 117 cm³/mol. The smallest absolute Gasteiger partial charge is 0.466 e. The normalized spacial score (nSPS) is 8.45. The molecule has 0 aliphatic rings. The van der Waals surface area contributed by atoms with Crippen LogP contribution in [-0.4, -0.2) is 66.8 Å². The fourth-order valence-corrected chi connectivity index (χ4v) is 1.12. The molecule has 0 saturated carbocycles. The Hall–Kier alpha value is -2.30. The van der Waals surface area contributed by atoms with Gasteiger partial charge in [-0.05, 0) is 26.7 Å². The second kappa shape index (κ2) is 29.7. The summed E-state index contributed by atoms with van der Waals surface area (Å²) in [6.45, 7) is 19.3. The predicted octanol–water partition coefficient (Wildman–Crippen LogP) is 1.66. The summed E-state index contributed by atoms with van der Waals surface area (Å²) in [5, 5.41) is 8.14. The van der Waals surface area contributed by atoms with Gasteiger partial charge in [-0.15, -0.1) is 0 Å². The van der Waals surface area contributed by atoms with Crippen LogP contribution in [0.1, 0.15) is 53.9 Å². The van der Waals surface area contributed by atoms with E-state index in [2.05, 4.69) is 35.0 Å². The monoisotopic (exact) mass is 509 g/mol. The molecule has 0 heterocycles. The van der Waals surface area contributed by atoms with Crippen LogP contribution < -0.4 is 0 Å². The van der Waals surface area contributed by atoms with E-state index >= 15 is 0 Å². The van der Waals surface area contributed by atoms with E-state index in [0.29, 0.717) is 32.3 Å². The van der Waals surface area contributed by atoms with Gasteiger partial charge in [-0.25, -0.2) is 0 Å². The molecule has 1 radical (unpaired) electrons. The molecule has 11 heteroatoms. The number of Topliss-reactive ketones (excluding diaryl/α,β-unsaturated/α-hetero) is 3. The average molecular weight is 509 g/mol. The number of hydrogen-bond donors (Lipinski definition) is 1. The summed E-state index contributed by atoms with van der Waals surface area (Å²) < 4.78 is 13.4. The van der Waals surface area contributed by atoms with E-state index in [4.69, 9.17) is 5.11 Å². The first kappa shape index (κ1) is 41.0. The Morgan fingerprint density at radius 3 is 0.909 bits per heavy atom. The largest absolute Gasteiger partial charge is 3.00 e. The summed E-state index contributed by atoms with van der Waals surface area (Å²) in [5.74, 6) is -2.29. The Morgan fingerprint density at radius 2 is 0.818 bits per heavy atom. The molecule has 1 N–H and O–H groups in total. The molecule has 0 aromatic rings. The zero-order valence-corrected chi connectivity index (χ0v) is 21.8. The summed E-state index contributed by atoms with van der Waals surface area (Å²) in [4.78, 5) is 61.5. The second-order valence-corrected chi connectivity index (χ2v) is 6.14. The van der Waals surface area contributed by atoms with E-state index in [-0.39, 0.29) is 41.0 Å². The van der Waals surface area contributed by atoms with Gasteiger partial charge in [-0.3, -0.25) is 14.4 Å². The summed E-state index contributed by atoms with van der Waals surface area (Å²) in [6.07, 6.45) is -0.643. The summed E-state index contributed by atoms with van der Waals surface area (Å²) >= 11 is 0. The molecule has 0 aromatic heterocycles. The van der Waals surface area contributed by atoms with Crippen LogP contribution >= 0.6 is 0 Å². The molecule has 0 unspecified atom stereocenters. The first-order valence-corrected chi connectivity index (χ1v) is 9.89. The van der Waals surface area contributed by atoms with Gasteiger partial charge < -0.3 is 54.5 Å². The van der Waals surface area contributed by atoms with Crippen LogP contribution in [0.5, 0.6) is 0 Å². The van der Waals surface area contributed by atoms with Crippen molar-refractivity contribution in [3.8, 4) is 0 Å². The van der Waals surface area contributed by atoms with Crippen LogP contribution in [0.3, 0.4) is 0 Å². The molecule has 0 amide bonds. The second-order valence-electron chi connectivity index (χ2n) is 6.14.